The molecule has 1 fully saturated rings. The minimum absolute atomic E-state index is 0.0206. The average molecular weight is 382 g/mol. The Morgan fingerprint density at radius 1 is 1.43 bits per heavy atom. The number of carbonyl (C=O) groups excluding carboxylic acids is 2. The first kappa shape index (κ1) is 17.9. The Morgan fingerprint density at radius 3 is 2.83 bits per heavy atom. The summed E-state index contributed by atoms with van der Waals surface area (Å²) < 4.78 is 1.05. The van der Waals surface area contributed by atoms with Crippen LogP contribution in [0.3, 0.4) is 0 Å². The molecule has 23 heavy (non-hydrogen) atoms. The smallest absolute Gasteiger partial charge is 0.239 e. The van der Waals surface area contributed by atoms with Gasteiger partial charge in [-0.3, -0.25) is 14.5 Å². The average Bonchev–Trinajstić information content (AvgIpc) is 2.54. The second-order valence-corrected chi connectivity index (χ2v) is 6.69. The van der Waals surface area contributed by atoms with E-state index in [1.165, 1.54) is 5.56 Å². The first-order valence-corrected chi connectivity index (χ1v) is 8.85. The zero-order valence-electron chi connectivity index (χ0n) is 13.7. The number of rotatable bonds is 6. The van der Waals surface area contributed by atoms with Gasteiger partial charge in [0.1, 0.15) is 0 Å². The van der Waals surface area contributed by atoms with E-state index in [1.54, 1.807) is 4.90 Å². The normalized spacial score (nSPS) is 16.3. The van der Waals surface area contributed by atoms with Crippen LogP contribution in [0.5, 0.6) is 0 Å². The number of nitrogens with one attached hydrogen (secondary N) is 1. The van der Waals surface area contributed by atoms with Crippen molar-refractivity contribution in [3.8, 4) is 0 Å². The second-order valence-electron chi connectivity index (χ2n) is 5.83. The van der Waals surface area contributed by atoms with Crippen molar-refractivity contribution in [2.24, 2.45) is 0 Å². The van der Waals surface area contributed by atoms with E-state index in [9.17, 15) is 9.59 Å². The topological polar surface area (TPSA) is 52.7 Å². The lowest BCUT2D eigenvalue weighted by molar-refractivity contribution is -0.139. The molecule has 1 N–H and O–H groups in total. The lowest BCUT2D eigenvalue weighted by Gasteiger charge is -2.33. The van der Waals surface area contributed by atoms with Crippen molar-refractivity contribution in [1.82, 2.24) is 15.1 Å². The first-order chi connectivity index (χ1) is 11.0. The minimum Gasteiger partial charge on any atom is -0.353 e. The van der Waals surface area contributed by atoms with Crippen LogP contribution in [0.25, 0.3) is 0 Å². The maximum absolute atomic E-state index is 12.5. The zero-order chi connectivity index (χ0) is 16.8. The molecule has 6 heteroatoms. The Kier molecular flexibility index (Phi) is 6.59. The van der Waals surface area contributed by atoms with Gasteiger partial charge >= 0.3 is 0 Å². The highest BCUT2D eigenvalue weighted by molar-refractivity contribution is 9.10. The molecular formula is C17H24BrN3O2. The van der Waals surface area contributed by atoms with Crippen LogP contribution in [0.4, 0.5) is 0 Å². The molecule has 0 radical (unpaired) electrons. The summed E-state index contributed by atoms with van der Waals surface area (Å²) in [5, 5.41) is 2.75. The highest BCUT2D eigenvalue weighted by Gasteiger charge is 2.25. The molecular weight excluding hydrogens is 358 g/mol. The highest BCUT2D eigenvalue weighted by atomic mass is 79.9. The zero-order valence-corrected chi connectivity index (χ0v) is 15.3. The monoisotopic (exact) mass is 381 g/mol. The van der Waals surface area contributed by atoms with Crippen molar-refractivity contribution in [3.05, 3.63) is 34.3 Å². The van der Waals surface area contributed by atoms with E-state index in [4.69, 9.17) is 0 Å². The van der Waals surface area contributed by atoms with Crippen molar-refractivity contribution in [2.75, 3.05) is 32.7 Å². The van der Waals surface area contributed by atoms with Crippen LogP contribution in [0.15, 0.2) is 28.7 Å². The second kappa shape index (κ2) is 8.45. The third-order valence-electron chi connectivity index (χ3n) is 4.14. The number of hydrogen-bond acceptors (Lipinski definition) is 3. The Hall–Kier alpha value is -1.40. The minimum atomic E-state index is -0.0782. The number of carbonyl (C=O) groups is 2. The van der Waals surface area contributed by atoms with Crippen molar-refractivity contribution in [3.63, 3.8) is 0 Å². The number of halogens is 1. The summed E-state index contributed by atoms with van der Waals surface area (Å²) in [5.41, 5.74) is 1.17. The maximum Gasteiger partial charge on any atom is 0.239 e. The number of benzene rings is 1. The number of nitrogens with zero attached hydrogens (tertiary/aromatic N) is 2. The first-order valence-electron chi connectivity index (χ1n) is 8.06. The van der Waals surface area contributed by atoms with Gasteiger partial charge < -0.3 is 10.2 Å². The molecule has 1 aromatic rings. The van der Waals surface area contributed by atoms with Gasteiger partial charge in [-0.1, -0.05) is 41.1 Å². The van der Waals surface area contributed by atoms with Crippen LogP contribution in [0.2, 0.25) is 0 Å². The molecule has 1 saturated heterocycles. The predicted molar refractivity (Wildman–Crippen MR) is 94.0 cm³/mol. The SMILES string of the molecule is CCCN(CC(=O)N1CCNC(=O)C1)C(C)c1ccccc1Br. The summed E-state index contributed by atoms with van der Waals surface area (Å²) in [6.07, 6.45) is 0.975. The van der Waals surface area contributed by atoms with Gasteiger partial charge in [0.05, 0.1) is 13.1 Å². The summed E-state index contributed by atoms with van der Waals surface area (Å²) >= 11 is 3.59. The van der Waals surface area contributed by atoms with Crippen LogP contribution in [-0.4, -0.2) is 54.3 Å². The number of piperazine rings is 1. The van der Waals surface area contributed by atoms with E-state index in [-0.39, 0.29) is 24.4 Å². The molecule has 2 amide bonds. The summed E-state index contributed by atoms with van der Waals surface area (Å²) in [6, 6.07) is 8.23. The van der Waals surface area contributed by atoms with Crippen molar-refractivity contribution >= 4 is 27.7 Å². The molecule has 126 valence electrons. The lowest BCUT2D eigenvalue weighted by Crippen LogP contribution is -2.52. The maximum atomic E-state index is 12.5. The molecule has 0 saturated carbocycles. The van der Waals surface area contributed by atoms with Gasteiger partial charge in [0.25, 0.3) is 0 Å². The van der Waals surface area contributed by atoms with Gasteiger partial charge in [-0.25, -0.2) is 0 Å². The Bertz CT molecular complexity index is 565. The van der Waals surface area contributed by atoms with Crippen LogP contribution in [0.1, 0.15) is 31.9 Å². The fourth-order valence-corrected chi connectivity index (χ4v) is 3.45. The van der Waals surface area contributed by atoms with E-state index in [2.05, 4.69) is 46.1 Å². The molecule has 1 unspecified atom stereocenters. The molecule has 1 aliphatic rings. The van der Waals surface area contributed by atoms with Gasteiger partial charge in [-0.2, -0.15) is 0 Å². The largest absolute Gasteiger partial charge is 0.353 e. The van der Waals surface area contributed by atoms with E-state index < -0.39 is 0 Å². The van der Waals surface area contributed by atoms with Gasteiger partial charge in [-0.15, -0.1) is 0 Å². The fourth-order valence-electron chi connectivity index (χ4n) is 2.83. The van der Waals surface area contributed by atoms with Crippen LogP contribution < -0.4 is 5.32 Å². The van der Waals surface area contributed by atoms with Gasteiger partial charge in [0.15, 0.2) is 0 Å². The molecule has 1 aliphatic heterocycles. The van der Waals surface area contributed by atoms with E-state index >= 15 is 0 Å². The Balaban J connectivity index is 2.07. The molecule has 1 aromatic carbocycles. The van der Waals surface area contributed by atoms with E-state index in [1.807, 2.05) is 18.2 Å². The van der Waals surface area contributed by atoms with Crippen LogP contribution in [0, 0.1) is 0 Å². The van der Waals surface area contributed by atoms with Gasteiger partial charge in [0, 0.05) is 23.6 Å². The van der Waals surface area contributed by atoms with Crippen molar-refractivity contribution in [2.45, 2.75) is 26.3 Å². The molecule has 0 spiro atoms. The third kappa shape index (κ3) is 4.78. The summed E-state index contributed by atoms with van der Waals surface area (Å²) in [6.45, 7) is 6.71. The molecule has 1 atom stereocenters. The molecule has 1 heterocycles. The van der Waals surface area contributed by atoms with E-state index in [0.717, 1.165) is 17.4 Å². The number of hydrogen-bond donors (Lipinski definition) is 1. The van der Waals surface area contributed by atoms with Crippen LogP contribution in [-0.2, 0) is 9.59 Å². The fraction of sp³-hybridized carbons (Fsp3) is 0.529. The molecule has 0 aliphatic carbocycles. The molecule has 0 aromatic heterocycles. The van der Waals surface area contributed by atoms with Gasteiger partial charge in [0.2, 0.25) is 11.8 Å². The van der Waals surface area contributed by atoms with E-state index in [0.29, 0.717) is 19.6 Å². The van der Waals surface area contributed by atoms with Crippen molar-refractivity contribution < 1.29 is 9.59 Å². The summed E-state index contributed by atoms with van der Waals surface area (Å²) in [4.78, 5) is 27.8. The lowest BCUT2D eigenvalue weighted by atomic mass is 10.1. The molecule has 5 nitrogen and oxygen atoms in total. The highest BCUT2D eigenvalue weighted by Crippen LogP contribution is 2.27. The van der Waals surface area contributed by atoms with Crippen molar-refractivity contribution in [1.29, 1.82) is 0 Å². The Morgan fingerprint density at radius 2 is 2.17 bits per heavy atom. The van der Waals surface area contributed by atoms with Crippen LogP contribution >= 0.6 is 15.9 Å². The van der Waals surface area contributed by atoms with Gasteiger partial charge in [-0.05, 0) is 31.5 Å². The predicted octanol–water partition coefficient (Wildman–Crippen LogP) is 2.18. The third-order valence-corrected chi connectivity index (χ3v) is 4.87. The summed E-state index contributed by atoms with van der Waals surface area (Å²) in [7, 11) is 0. The Labute approximate surface area is 146 Å². The summed E-state index contributed by atoms with van der Waals surface area (Å²) in [5.74, 6) is -0.0577. The quantitative estimate of drug-likeness (QED) is 0.821. The standard InChI is InChI=1S/C17H24BrN3O2/c1-3-9-20(13(2)14-6-4-5-7-15(14)18)12-17(23)21-10-8-19-16(22)11-21/h4-7,13H,3,8-12H2,1-2H3,(H,19,22). The molecule has 0 bridgehead atoms. The molecule has 2 rings (SSSR count). The number of amides is 2.